The van der Waals surface area contributed by atoms with E-state index in [9.17, 15) is 9.59 Å². The lowest BCUT2D eigenvalue weighted by Crippen LogP contribution is -2.32. The van der Waals surface area contributed by atoms with Crippen LogP contribution in [0, 0.1) is 0 Å². The molecule has 2 aromatic rings. The summed E-state index contributed by atoms with van der Waals surface area (Å²) in [7, 11) is 1.51. The van der Waals surface area contributed by atoms with Crippen LogP contribution in [0.1, 0.15) is 10.4 Å². The minimum atomic E-state index is -0.365. The van der Waals surface area contributed by atoms with Crippen molar-refractivity contribution < 1.29 is 14.3 Å². The second-order valence-electron chi connectivity index (χ2n) is 4.32. The number of carbonyl (C=O) groups excluding carboxylic acids is 2. The number of hydrogen-bond donors (Lipinski definition) is 2. The molecule has 0 atom stereocenters. The van der Waals surface area contributed by atoms with Crippen LogP contribution in [0.15, 0.2) is 42.7 Å². The number of nitrogens with one attached hydrogen (secondary N) is 2. The van der Waals surface area contributed by atoms with Crippen molar-refractivity contribution in [1.29, 1.82) is 0 Å². The van der Waals surface area contributed by atoms with Gasteiger partial charge in [0.1, 0.15) is 5.75 Å². The molecule has 1 heterocycles. The number of methoxy groups -OCH3 is 1. The van der Waals surface area contributed by atoms with Crippen molar-refractivity contribution in [3.63, 3.8) is 0 Å². The number of hydrogen-bond acceptors (Lipinski definition) is 4. The molecule has 0 fully saturated rings. The first kappa shape index (κ1) is 15.8. The van der Waals surface area contributed by atoms with E-state index in [4.69, 9.17) is 16.3 Å². The second-order valence-corrected chi connectivity index (χ2v) is 4.73. The molecule has 0 aliphatic rings. The molecule has 0 saturated carbocycles. The first-order chi connectivity index (χ1) is 10.6. The number of nitrogens with zero attached hydrogens (tertiary/aromatic N) is 1. The van der Waals surface area contributed by atoms with Gasteiger partial charge in [0, 0.05) is 18.1 Å². The highest BCUT2D eigenvalue weighted by Gasteiger charge is 2.09. The van der Waals surface area contributed by atoms with Crippen molar-refractivity contribution in [3.05, 3.63) is 53.3 Å². The van der Waals surface area contributed by atoms with Crippen molar-refractivity contribution >= 4 is 29.1 Å². The van der Waals surface area contributed by atoms with E-state index in [0.717, 1.165) is 0 Å². The van der Waals surface area contributed by atoms with E-state index in [1.54, 1.807) is 36.5 Å². The van der Waals surface area contributed by atoms with Crippen molar-refractivity contribution in [3.8, 4) is 5.75 Å². The number of benzene rings is 1. The maximum absolute atomic E-state index is 11.8. The van der Waals surface area contributed by atoms with E-state index in [0.29, 0.717) is 22.0 Å². The molecule has 22 heavy (non-hydrogen) atoms. The van der Waals surface area contributed by atoms with Crippen LogP contribution in [0.3, 0.4) is 0 Å². The second kappa shape index (κ2) is 7.42. The molecule has 0 spiro atoms. The van der Waals surface area contributed by atoms with Gasteiger partial charge in [-0.05, 0) is 30.3 Å². The molecular formula is C15H14ClN3O3. The minimum absolute atomic E-state index is 0.155. The Morgan fingerprint density at radius 1 is 1.32 bits per heavy atom. The zero-order valence-electron chi connectivity index (χ0n) is 11.8. The van der Waals surface area contributed by atoms with Crippen LogP contribution in [-0.2, 0) is 4.79 Å². The fraction of sp³-hybridized carbons (Fsp3) is 0.133. The average Bonchev–Trinajstić information content (AvgIpc) is 2.53. The Morgan fingerprint density at radius 3 is 2.77 bits per heavy atom. The molecule has 2 amide bonds. The molecule has 2 N–H and O–H groups in total. The summed E-state index contributed by atoms with van der Waals surface area (Å²) in [5, 5.41) is 5.53. The largest absolute Gasteiger partial charge is 0.495 e. The third kappa shape index (κ3) is 4.20. The summed E-state index contributed by atoms with van der Waals surface area (Å²) in [4.78, 5) is 27.4. The van der Waals surface area contributed by atoms with Gasteiger partial charge < -0.3 is 15.4 Å². The van der Waals surface area contributed by atoms with Gasteiger partial charge in [-0.15, -0.1) is 0 Å². The van der Waals surface area contributed by atoms with Gasteiger partial charge in [0.05, 0.1) is 24.2 Å². The zero-order valence-corrected chi connectivity index (χ0v) is 12.6. The van der Waals surface area contributed by atoms with Crippen LogP contribution in [0.5, 0.6) is 5.75 Å². The minimum Gasteiger partial charge on any atom is -0.495 e. The first-order valence-corrected chi connectivity index (χ1v) is 6.79. The Hall–Kier alpha value is -2.60. The predicted octanol–water partition coefficient (Wildman–Crippen LogP) is 2.11. The number of carbonyl (C=O) groups is 2. The molecule has 6 nitrogen and oxygen atoms in total. The van der Waals surface area contributed by atoms with Crippen LogP contribution < -0.4 is 15.4 Å². The van der Waals surface area contributed by atoms with Gasteiger partial charge >= 0.3 is 0 Å². The normalized spacial score (nSPS) is 9.91. The summed E-state index contributed by atoms with van der Waals surface area (Å²) >= 11 is 5.97. The summed E-state index contributed by atoms with van der Waals surface area (Å²) in [6, 6.07) is 8.14. The summed E-state index contributed by atoms with van der Waals surface area (Å²) < 4.78 is 5.03. The highest BCUT2D eigenvalue weighted by Crippen LogP contribution is 2.27. The number of amides is 2. The van der Waals surface area contributed by atoms with Crippen molar-refractivity contribution in [2.75, 3.05) is 19.0 Å². The molecule has 0 aliphatic heterocycles. The number of anilines is 1. The average molecular weight is 320 g/mol. The number of pyridine rings is 1. The van der Waals surface area contributed by atoms with Gasteiger partial charge in [0.2, 0.25) is 5.91 Å². The molecule has 7 heteroatoms. The van der Waals surface area contributed by atoms with Crippen molar-refractivity contribution in [2.45, 2.75) is 0 Å². The summed E-state index contributed by atoms with van der Waals surface area (Å²) in [5.74, 6) is -0.209. The van der Waals surface area contributed by atoms with Crippen LogP contribution in [0.4, 0.5) is 5.69 Å². The van der Waals surface area contributed by atoms with Crippen LogP contribution in [0.2, 0.25) is 5.02 Å². The molecule has 1 aromatic carbocycles. The lowest BCUT2D eigenvalue weighted by atomic mass is 10.2. The quantitative estimate of drug-likeness (QED) is 0.884. The van der Waals surface area contributed by atoms with E-state index in [-0.39, 0.29) is 18.4 Å². The topological polar surface area (TPSA) is 80.3 Å². The first-order valence-electron chi connectivity index (χ1n) is 6.42. The maximum Gasteiger partial charge on any atom is 0.253 e. The van der Waals surface area contributed by atoms with E-state index >= 15 is 0 Å². The Balaban J connectivity index is 1.88. The molecule has 0 bridgehead atoms. The van der Waals surface area contributed by atoms with Crippen LogP contribution >= 0.6 is 11.6 Å². The third-order valence-electron chi connectivity index (χ3n) is 2.77. The molecule has 2 rings (SSSR count). The van der Waals surface area contributed by atoms with Gasteiger partial charge in [0.15, 0.2) is 0 Å². The van der Waals surface area contributed by atoms with Gasteiger partial charge in [-0.2, -0.15) is 0 Å². The molecule has 0 aliphatic carbocycles. The fourth-order valence-electron chi connectivity index (χ4n) is 1.71. The Kier molecular flexibility index (Phi) is 5.32. The molecule has 1 aromatic heterocycles. The Labute approximate surface area is 132 Å². The van der Waals surface area contributed by atoms with E-state index in [1.165, 1.54) is 13.3 Å². The summed E-state index contributed by atoms with van der Waals surface area (Å²) in [5.41, 5.74) is 0.911. The molecule has 0 unspecified atom stereocenters. The Bertz CT molecular complexity index is 677. The zero-order chi connectivity index (χ0) is 15.9. The molecule has 0 saturated heterocycles. The van der Waals surface area contributed by atoms with Gasteiger partial charge in [-0.1, -0.05) is 11.6 Å². The standard InChI is InChI=1S/C15H14ClN3O3/c1-22-13-5-4-11(7-12(13)16)19-14(20)9-18-15(21)10-3-2-6-17-8-10/h2-8H,9H2,1H3,(H,18,21)(H,19,20). The monoisotopic (exact) mass is 319 g/mol. The number of rotatable bonds is 5. The maximum atomic E-state index is 11.8. The number of halogens is 1. The van der Waals surface area contributed by atoms with Crippen molar-refractivity contribution in [1.82, 2.24) is 10.3 Å². The predicted molar refractivity (Wildman–Crippen MR) is 83.2 cm³/mol. The summed E-state index contributed by atoms with van der Waals surface area (Å²) in [6.07, 6.45) is 2.99. The van der Waals surface area contributed by atoms with Gasteiger partial charge in [-0.25, -0.2) is 0 Å². The molecular weight excluding hydrogens is 306 g/mol. The number of ether oxygens (including phenoxy) is 1. The van der Waals surface area contributed by atoms with E-state index in [2.05, 4.69) is 15.6 Å². The van der Waals surface area contributed by atoms with Crippen molar-refractivity contribution in [2.24, 2.45) is 0 Å². The van der Waals surface area contributed by atoms with Crippen LogP contribution in [-0.4, -0.2) is 30.5 Å². The third-order valence-corrected chi connectivity index (χ3v) is 3.06. The molecule has 0 radical (unpaired) electrons. The molecule has 114 valence electrons. The fourth-order valence-corrected chi connectivity index (χ4v) is 1.97. The van der Waals surface area contributed by atoms with E-state index < -0.39 is 0 Å². The lowest BCUT2D eigenvalue weighted by Gasteiger charge is -2.09. The van der Waals surface area contributed by atoms with Gasteiger partial charge in [-0.3, -0.25) is 14.6 Å². The van der Waals surface area contributed by atoms with E-state index in [1.807, 2.05) is 0 Å². The van der Waals surface area contributed by atoms with Crippen LogP contribution in [0.25, 0.3) is 0 Å². The summed E-state index contributed by atoms with van der Waals surface area (Å²) in [6.45, 7) is -0.155. The smallest absolute Gasteiger partial charge is 0.253 e. The lowest BCUT2D eigenvalue weighted by molar-refractivity contribution is -0.115. The SMILES string of the molecule is COc1ccc(NC(=O)CNC(=O)c2cccnc2)cc1Cl. The van der Waals surface area contributed by atoms with Gasteiger partial charge in [0.25, 0.3) is 5.91 Å². The number of aromatic nitrogens is 1. The highest BCUT2D eigenvalue weighted by atomic mass is 35.5. The highest BCUT2D eigenvalue weighted by molar-refractivity contribution is 6.32. The Morgan fingerprint density at radius 2 is 2.14 bits per heavy atom.